The number of nitrogens with zero attached hydrogens (tertiary/aromatic N) is 2. The fourth-order valence-corrected chi connectivity index (χ4v) is 2.21. The number of nitrogens with two attached hydrogens (primary N) is 1. The zero-order valence-corrected chi connectivity index (χ0v) is 11.2. The van der Waals surface area contributed by atoms with Crippen molar-refractivity contribution in [2.24, 2.45) is 11.7 Å². The Labute approximate surface area is 107 Å². The van der Waals surface area contributed by atoms with Crippen LogP contribution in [-0.2, 0) is 6.54 Å². The standard InChI is InChI=1S/C14H20FN3/c1-4-9(3)13(16)14-17-11-7-6-10(15)8-12(11)18(14)5-2/h6-9,13H,4-5,16H2,1-3H3. The number of halogens is 1. The molecule has 2 atom stereocenters. The molecule has 0 bridgehead atoms. The SMILES string of the molecule is CCC(C)C(N)c1nc2ccc(F)cc2n1CC. The predicted molar refractivity (Wildman–Crippen MR) is 71.7 cm³/mol. The summed E-state index contributed by atoms with van der Waals surface area (Å²) in [5, 5.41) is 0. The van der Waals surface area contributed by atoms with Crippen LogP contribution in [0.15, 0.2) is 18.2 Å². The Bertz CT molecular complexity index is 547. The van der Waals surface area contributed by atoms with Crippen LogP contribution in [0.25, 0.3) is 11.0 Å². The summed E-state index contributed by atoms with van der Waals surface area (Å²) in [6.45, 7) is 7.01. The summed E-state index contributed by atoms with van der Waals surface area (Å²) in [4.78, 5) is 4.56. The van der Waals surface area contributed by atoms with Crippen molar-refractivity contribution in [1.29, 1.82) is 0 Å². The number of hydrogen-bond acceptors (Lipinski definition) is 2. The lowest BCUT2D eigenvalue weighted by atomic mass is 9.99. The van der Waals surface area contributed by atoms with E-state index in [1.165, 1.54) is 12.1 Å². The van der Waals surface area contributed by atoms with E-state index < -0.39 is 0 Å². The minimum atomic E-state index is -0.235. The Balaban J connectivity index is 2.57. The molecule has 4 heteroatoms. The van der Waals surface area contributed by atoms with Gasteiger partial charge in [-0.1, -0.05) is 20.3 Å². The van der Waals surface area contributed by atoms with Gasteiger partial charge in [-0.2, -0.15) is 0 Å². The van der Waals surface area contributed by atoms with Gasteiger partial charge in [-0.05, 0) is 31.0 Å². The van der Waals surface area contributed by atoms with Gasteiger partial charge in [-0.3, -0.25) is 0 Å². The number of aromatic nitrogens is 2. The summed E-state index contributed by atoms with van der Waals surface area (Å²) in [5.74, 6) is 0.977. The van der Waals surface area contributed by atoms with Crippen LogP contribution in [-0.4, -0.2) is 9.55 Å². The maximum absolute atomic E-state index is 13.3. The maximum atomic E-state index is 13.3. The molecule has 1 aromatic carbocycles. The van der Waals surface area contributed by atoms with Crippen LogP contribution < -0.4 is 5.73 Å². The minimum Gasteiger partial charge on any atom is -0.327 e. The molecule has 2 unspecified atom stereocenters. The molecule has 0 spiro atoms. The molecule has 0 aliphatic carbocycles. The van der Waals surface area contributed by atoms with E-state index in [1.54, 1.807) is 6.07 Å². The van der Waals surface area contributed by atoms with E-state index in [1.807, 2.05) is 11.5 Å². The lowest BCUT2D eigenvalue weighted by molar-refractivity contribution is 0.427. The second-order valence-electron chi connectivity index (χ2n) is 4.76. The molecule has 0 fully saturated rings. The molecule has 18 heavy (non-hydrogen) atoms. The van der Waals surface area contributed by atoms with Crippen LogP contribution in [0, 0.1) is 11.7 Å². The van der Waals surface area contributed by atoms with Crippen molar-refractivity contribution >= 4 is 11.0 Å². The lowest BCUT2D eigenvalue weighted by Crippen LogP contribution is -2.22. The highest BCUT2D eigenvalue weighted by molar-refractivity contribution is 5.76. The first kappa shape index (κ1) is 13.0. The molecule has 3 nitrogen and oxygen atoms in total. The highest BCUT2D eigenvalue weighted by Crippen LogP contribution is 2.25. The predicted octanol–water partition coefficient (Wildman–Crippen LogP) is 3.24. The van der Waals surface area contributed by atoms with Crippen LogP contribution in [0.3, 0.4) is 0 Å². The van der Waals surface area contributed by atoms with Gasteiger partial charge < -0.3 is 10.3 Å². The molecule has 2 aromatic rings. The molecule has 0 aliphatic heterocycles. The van der Waals surface area contributed by atoms with Crippen molar-refractivity contribution in [1.82, 2.24) is 9.55 Å². The van der Waals surface area contributed by atoms with Crippen LogP contribution in [0.5, 0.6) is 0 Å². The first-order valence-electron chi connectivity index (χ1n) is 6.49. The number of aryl methyl sites for hydroxylation is 1. The van der Waals surface area contributed by atoms with E-state index in [-0.39, 0.29) is 11.9 Å². The molecule has 2 N–H and O–H groups in total. The van der Waals surface area contributed by atoms with E-state index in [0.717, 1.165) is 29.8 Å². The van der Waals surface area contributed by atoms with Gasteiger partial charge in [-0.25, -0.2) is 9.37 Å². The summed E-state index contributed by atoms with van der Waals surface area (Å²) in [6, 6.07) is 4.57. The van der Waals surface area contributed by atoms with Gasteiger partial charge in [0.15, 0.2) is 0 Å². The number of benzene rings is 1. The van der Waals surface area contributed by atoms with Gasteiger partial charge in [0, 0.05) is 6.54 Å². The highest BCUT2D eigenvalue weighted by Gasteiger charge is 2.20. The van der Waals surface area contributed by atoms with Crippen LogP contribution in [0.1, 0.15) is 39.1 Å². The molecule has 2 rings (SSSR count). The Hall–Kier alpha value is -1.42. The van der Waals surface area contributed by atoms with Gasteiger partial charge in [0.2, 0.25) is 0 Å². The first-order valence-corrected chi connectivity index (χ1v) is 6.49. The topological polar surface area (TPSA) is 43.8 Å². The second-order valence-corrected chi connectivity index (χ2v) is 4.76. The van der Waals surface area contributed by atoms with Crippen molar-refractivity contribution in [2.45, 2.75) is 39.8 Å². The van der Waals surface area contributed by atoms with Crippen molar-refractivity contribution in [3.05, 3.63) is 29.8 Å². The maximum Gasteiger partial charge on any atom is 0.127 e. The molecule has 98 valence electrons. The average Bonchev–Trinajstić information content (AvgIpc) is 2.74. The molecule has 0 radical (unpaired) electrons. The Morgan fingerprint density at radius 2 is 2.11 bits per heavy atom. The Morgan fingerprint density at radius 1 is 1.39 bits per heavy atom. The third-order valence-corrected chi connectivity index (χ3v) is 3.61. The molecule has 0 aliphatic rings. The molecule has 0 saturated heterocycles. The van der Waals surface area contributed by atoms with E-state index in [0.29, 0.717) is 5.92 Å². The number of hydrogen-bond donors (Lipinski definition) is 1. The average molecular weight is 249 g/mol. The summed E-state index contributed by atoms with van der Waals surface area (Å²) < 4.78 is 15.3. The smallest absolute Gasteiger partial charge is 0.127 e. The third kappa shape index (κ3) is 2.12. The third-order valence-electron chi connectivity index (χ3n) is 3.61. The molecular formula is C14H20FN3. The molecule has 1 aromatic heterocycles. The van der Waals surface area contributed by atoms with Crippen LogP contribution >= 0.6 is 0 Å². The van der Waals surface area contributed by atoms with E-state index in [2.05, 4.69) is 18.8 Å². The second kappa shape index (κ2) is 5.06. The molecule has 0 amide bonds. The number of rotatable bonds is 4. The molecular weight excluding hydrogens is 229 g/mol. The largest absolute Gasteiger partial charge is 0.327 e. The zero-order valence-electron chi connectivity index (χ0n) is 11.2. The van der Waals surface area contributed by atoms with Gasteiger partial charge in [0.25, 0.3) is 0 Å². The molecule has 1 heterocycles. The first-order chi connectivity index (χ1) is 8.58. The quantitative estimate of drug-likeness (QED) is 0.904. The van der Waals surface area contributed by atoms with Crippen molar-refractivity contribution in [2.75, 3.05) is 0 Å². The normalized spacial score (nSPS) is 14.9. The minimum absolute atomic E-state index is 0.106. The Kier molecular flexibility index (Phi) is 3.66. The zero-order chi connectivity index (χ0) is 13.3. The fourth-order valence-electron chi connectivity index (χ4n) is 2.21. The van der Waals surface area contributed by atoms with E-state index in [9.17, 15) is 4.39 Å². The van der Waals surface area contributed by atoms with E-state index in [4.69, 9.17) is 5.73 Å². The fraction of sp³-hybridized carbons (Fsp3) is 0.500. The number of fused-ring (bicyclic) bond motifs is 1. The van der Waals surface area contributed by atoms with Crippen molar-refractivity contribution < 1.29 is 4.39 Å². The highest BCUT2D eigenvalue weighted by atomic mass is 19.1. The van der Waals surface area contributed by atoms with Gasteiger partial charge in [0.05, 0.1) is 17.1 Å². The summed E-state index contributed by atoms with van der Waals surface area (Å²) in [7, 11) is 0. The van der Waals surface area contributed by atoms with Gasteiger partial charge >= 0.3 is 0 Å². The van der Waals surface area contributed by atoms with Gasteiger partial charge in [-0.15, -0.1) is 0 Å². The van der Waals surface area contributed by atoms with Gasteiger partial charge in [0.1, 0.15) is 11.6 Å². The monoisotopic (exact) mass is 249 g/mol. The molecule has 0 saturated carbocycles. The summed E-state index contributed by atoms with van der Waals surface area (Å²) >= 11 is 0. The summed E-state index contributed by atoms with van der Waals surface area (Å²) in [6.07, 6.45) is 1.00. The van der Waals surface area contributed by atoms with Crippen molar-refractivity contribution in [3.63, 3.8) is 0 Å². The number of imidazole rings is 1. The lowest BCUT2D eigenvalue weighted by Gasteiger charge is -2.18. The summed E-state index contributed by atoms with van der Waals surface area (Å²) in [5.41, 5.74) is 7.89. The van der Waals surface area contributed by atoms with Crippen LogP contribution in [0.2, 0.25) is 0 Å². The Morgan fingerprint density at radius 3 is 2.72 bits per heavy atom. The van der Waals surface area contributed by atoms with E-state index >= 15 is 0 Å². The van der Waals surface area contributed by atoms with Crippen LogP contribution in [0.4, 0.5) is 4.39 Å². The van der Waals surface area contributed by atoms with Crippen molar-refractivity contribution in [3.8, 4) is 0 Å².